The van der Waals surface area contributed by atoms with Crippen LogP contribution < -0.4 is 4.90 Å². The standard InChI is InChI=1S/C17H17ClFNO2/c1-12(17(21)22-2)20(11-13-6-4-3-5-7-13)14-8-9-16(19)15(18)10-14/h3-10,12H,11H2,1-2H3. The predicted octanol–water partition coefficient (Wildman–Crippen LogP) is 4.05. The molecule has 0 aromatic heterocycles. The molecule has 2 rings (SSSR count). The van der Waals surface area contributed by atoms with Crippen molar-refractivity contribution in [2.24, 2.45) is 0 Å². The Morgan fingerprint density at radius 2 is 1.95 bits per heavy atom. The lowest BCUT2D eigenvalue weighted by molar-refractivity contribution is -0.141. The van der Waals surface area contributed by atoms with E-state index >= 15 is 0 Å². The number of anilines is 1. The van der Waals surface area contributed by atoms with Gasteiger partial charge in [-0.3, -0.25) is 0 Å². The van der Waals surface area contributed by atoms with Crippen molar-refractivity contribution in [3.63, 3.8) is 0 Å². The normalized spacial score (nSPS) is 11.8. The molecule has 0 fully saturated rings. The summed E-state index contributed by atoms with van der Waals surface area (Å²) in [6, 6.07) is 13.6. The SMILES string of the molecule is COC(=O)C(C)N(Cc1ccccc1)c1ccc(F)c(Cl)c1. The highest BCUT2D eigenvalue weighted by Crippen LogP contribution is 2.26. The molecule has 3 nitrogen and oxygen atoms in total. The first-order chi connectivity index (χ1) is 10.5. The van der Waals surface area contributed by atoms with Crippen LogP contribution in [0.15, 0.2) is 48.5 Å². The van der Waals surface area contributed by atoms with E-state index < -0.39 is 11.9 Å². The van der Waals surface area contributed by atoms with E-state index in [4.69, 9.17) is 16.3 Å². The van der Waals surface area contributed by atoms with Crippen molar-refractivity contribution in [2.75, 3.05) is 12.0 Å². The molecule has 116 valence electrons. The van der Waals surface area contributed by atoms with Crippen LogP contribution in [0.3, 0.4) is 0 Å². The first-order valence-electron chi connectivity index (χ1n) is 6.86. The number of esters is 1. The van der Waals surface area contributed by atoms with Crippen molar-refractivity contribution in [1.29, 1.82) is 0 Å². The van der Waals surface area contributed by atoms with Gasteiger partial charge < -0.3 is 9.64 Å². The lowest BCUT2D eigenvalue weighted by Gasteiger charge is -2.30. The van der Waals surface area contributed by atoms with E-state index in [1.165, 1.54) is 19.2 Å². The quantitative estimate of drug-likeness (QED) is 0.778. The van der Waals surface area contributed by atoms with E-state index in [0.717, 1.165) is 5.56 Å². The Morgan fingerprint density at radius 1 is 1.27 bits per heavy atom. The maximum atomic E-state index is 13.4. The van der Waals surface area contributed by atoms with E-state index in [1.807, 2.05) is 35.2 Å². The molecule has 0 saturated carbocycles. The number of carbonyl (C=O) groups is 1. The summed E-state index contributed by atoms with van der Waals surface area (Å²) >= 11 is 5.86. The van der Waals surface area contributed by atoms with Gasteiger partial charge in [0.15, 0.2) is 0 Å². The molecule has 2 aromatic carbocycles. The topological polar surface area (TPSA) is 29.5 Å². The van der Waals surface area contributed by atoms with E-state index in [0.29, 0.717) is 12.2 Å². The van der Waals surface area contributed by atoms with Crippen LogP contribution in [0.2, 0.25) is 5.02 Å². The van der Waals surface area contributed by atoms with Gasteiger partial charge in [-0.2, -0.15) is 0 Å². The minimum Gasteiger partial charge on any atom is -0.467 e. The maximum Gasteiger partial charge on any atom is 0.328 e. The first-order valence-corrected chi connectivity index (χ1v) is 7.24. The largest absolute Gasteiger partial charge is 0.467 e. The van der Waals surface area contributed by atoms with Crippen LogP contribution in [0.5, 0.6) is 0 Å². The summed E-state index contributed by atoms with van der Waals surface area (Å²) in [6.45, 7) is 2.23. The van der Waals surface area contributed by atoms with Gasteiger partial charge in [-0.25, -0.2) is 9.18 Å². The van der Waals surface area contributed by atoms with E-state index in [9.17, 15) is 9.18 Å². The van der Waals surface area contributed by atoms with Gasteiger partial charge in [0.05, 0.1) is 12.1 Å². The summed E-state index contributed by atoms with van der Waals surface area (Å²) in [5.41, 5.74) is 1.69. The fourth-order valence-electron chi connectivity index (χ4n) is 2.19. The Kier molecular flexibility index (Phi) is 5.39. The number of methoxy groups -OCH3 is 1. The second kappa shape index (κ2) is 7.27. The molecule has 2 aromatic rings. The summed E-state index contributed by atoms with van der Waals surface area (Å²) in [6.07, 6.45) is 0. The highest BCUT2D eigenvalue weighted by atomic mass is 35.5. The molecule has 0 N–H and O–H groups in total. The van der Waals surface area contributed by atoms with Gasteiger partial charge in [-0.05, 0) is 30.7 Å². The second-order valence-corrected chi connectivity index (χ2v) is 5.32. The number of rotatable bonds is 5. The highest BCUT2D eigenvalue weighted by molar-refractivity contribution is 6.31. The summed E-state index contributed by atoms with van der Waals surface area (Å²) in [5.74, 6) is -0.854. The van der Waals surface area contributed by atoms with Gasteiger partial charge in [-0.15, -0.1) is 0 Å². The van der Waals surface area contributed by atoms with Crippen LogP contribution in [0.4, 0.5) is 10.1 Å². The van der Waals surface area contributed by atoms with Crippen molar-refractivity contribution >= 4 is 23.3 Å². The van der Waals surface area contributed by atoms with Crippen LogP contribution in [0.25, 0.3) is 0 Å². The zero-order chi connectivity index (χ0) is 16.1. The minimum absolute atomic E-state index is 0.0210. The average molecular weight is 322 g/mol. The molecule has 0 heterocycles. The summed E-state index contributed by atoms with van der Waals surface area (Å²) in [5, 5.41) is 0.0210. The van der Waals surface area contributed by atoms with Gasteiger partial charge in [0.25, 0.3) is 0 Å². The third kappa shape index (κ3) is 3.77. The molecule has 0 aliphatic heterocycles. The minimum atomic E-state index is -0.522. The lowest BCUT2D eigenvalue weighted by Crippen LogP contribution is -2.39. The lowest BCUT2D eigenvalue weighted by atomic mass is 10.1. The van der Waals surface area contributed by atoms with Crippen LogP contribution in [0.1, 0.15) is 12.5 Å². The molecular formula is C17H17ClFNO2. The number of hydrogen-bond acceptors (Lipinski definition) is 3. The molecule has 1 atom stereocenters. The number of ether oxygens (including phenoxy) is 1. The monoisotopic (exact) mass is 321 g/mol. The molecule has 0 amide bonds. The zero-order valence-electron chi connectivity index (χ0n) is 12.4. The Labute approximate surface area is 134 Å². The third-order valence-corrected chi connectivity index (χ3v) is 3.73. The Morgan fingerprint density at radius 3 is 2.55 bits per heavy atom. The molecule has 0 radical (unpaired) electrons. The van der Waals surface area contributed by atoms with Gasteiger partial charge in [0.2, 0.25) is 0 Å². The van der Waals surface area contributed by atoms with Gasteiger partial charge >= 0.3 is 5.97 Å². The van der Waals surface area contributed by atoms with Crippen molar-refractivity contribution < 1.29 is 13.9 Å². The smallest absolute Gasteiger partial charge is 0.328 e. The molecule has 22 heavy (non-hydrogen) atoms. The molecule has 0 bridgehead atoms. The van der Waals surface area contributed by atoms with Crippen LogP contribution >= 0.6 is 11.6 Å². The average Bonchev–Trinajstić information content (AvgIpc) is 2.55. The van der Waals surface area contributed by atoms with E-state index in [2.05, 4.69) is 0 Å². The number of benzene rings is 2. The van der Waals surface area contributed by atoms with Gasteiger partial charge in [0.1, 0.15) is 11.9 Å². The molecule has 0 spiro atoms. The number of nitrogens with zero attached hydrogens (tertiary/aromatic N) is 1. The molecule has 0 aliphatic rings. The van der Waals surface area contributed by atoms with Gasteiger partial charge in [0, 0.05) is 12.2 Å². The van der Waals surface area contributed by atoms with E-state index in [-0.39, 0.29) is 11.0 Å². The Hall–Kier alpha value is -2.07. The summed E-state index contributed by atoms with van der Waals surface area (Å²) < 4.78 is 18.2. The first kappa shape index (κ1) is 16.3. The van der Waals surface area contributed by atoms with Crippen LogP contribution in [-0.4, -0.2) is 19.1 Å². The zero-order valence-corrected chi connectivity index (χ0v) is 13.2. The molecule has 0 aliphatic carbocycles. The van der Waals surface area contributed by atoms with Crippen molar-refractivity contribution in [1.82, 2.24) is 0 Å². The molecule has 5 heteroatoms. The summed E-state index contributed by atoms with van der Waals surface area (Å²) in [4.78, 5) is 13.7. The fourth-order valence-corrected chi connectivity index (χ4v) is 2.37. The number of carbonyl (C=O) groups excluding carboxylic acids is 1. The van der Waals surface area contributed by atoms with E-state index in [1.54, 1.807) is 13.0 Å². The van der Waals surface area contributed by atoms with Crippen LogP contribution in [0, 0.1) is 5.82 Å². The van der Waals surface area contributed by atoms with Gasteiger partial charge in [-0.1, -0.05) is 41.9 Å². The predicted molar refractivity (Wildman–Crippen MR) is 85.5 cm³/mol. The molecular weight excluding hydrogens is 305 g/mol. The summed E-state index contributed by atoms with van der Waals surface area (Å²) in [7, 11) is 1.34. The van der Waals surface area contributed by atoms with Crippen molar-refractivity contribution in [2.45, 2.75) is 19.5 Å². The number of hydrogen-bond donors (Lipinski definition) is 0. The Bertz CT molecular complexity index is 648. The highest BCUT2D eigenvalue weighted by Gasteiger charge is 2.23. The fraction of sp³-hybridized carbons (Fsp3) is 0.235. The maximum absolute atomic E-state index is 13.4. The second-order valence-electron chi connectivity index (χ2n) is 4.91. The van der Waals surface area contributed by atoms with Crippen molar-refractivity contribution in [3.05, 3.63) is 64.9 Å². The molecule has 0 saturated heterocycles. The van der Waals surface area contributed by atoms with Crippen LogP contribution in [-0.2, 0) is 16.1 Å². The molecule has 1 unspecified atom stereocenters. The van der Waals surface area contributed by atoms with Crippen molar-refractivity contribution in [3.8, 4) is 0 Å². The Balaban J connectivity index is 2.36. The third-order valence-electron chi connectivity index (χ3n) is 3.44. The number of halogens is 2.